The molecule has 0 heterocycles. The number of rotatable bonds is 8. The van der Waals surface area contributed by atoms with Crippen LogP contribution >= 0.6 is 0 Å². The molecule has 1 aliphatic rings. The molecule has 1 fully saturated rings. The maximum atomic E-state index is 14.9. The predicted octanol–water partition coefficient (Wildman–Crippen LogP) is 6.99. The Morgan fingerprint density at radius 2 is 1.80 bits per heavy atom. The minimum absolute atomic E-state index is 0.000991. The standard InChI is InChI=1S/C25H31F3O2/c1-3-5-6-7-16-8-9-18(15-22(16)29)19-11-10-17(14-21(19)26)20-12-13-23(30-4-2)25(28)24(20)27/h10-14,16,18,22,29H,3-9,15H2,1-2H3. The highest BCUT2D eigenvalue weighted by Gasteiger charge is 2.31. The highest BCUT2D eigenvalue weighted by atomic mass is 19.2. The van der Waals surface area contributed by atoms with Crippen LogP contribution in [0.4, 0.5) is 13.2 Å². The third-order valence-electron chi connectivity index (χ3n) is 6.23. The zero-order chi connectivity index (χ0) is 21.7. The molecular weight excluding hydrogens is 389 g/mol. The Morgan fingerprint density at radius 1 is 1.00 bits per heavy atom. The van der Waals surface area contributed by atoms with Crippen LogP contribution in [0.3, 0.4) is 0 Å². The normalized spacial score (nSPS) is 21.6. The minimum Gasteiger partial charge on any atom is -0.491 e. The Morgan fingerprint density at radius 3 is 2.47 bits per heavy atom. The molecule has 0 spiro atoms. The molecule has 0 aromatic heterocycles. The zero-order valence-corrected chi connectivity index (χ0v) is 17.8. The van der Waals surface area contributed by atoms with Gasteiger partial charge in [-0.15, -0.1) is 0 Å². The van der Waals surface area contributed by atoms with Crippen LogP contribution in [-0.4, -0.2) is 17.8 Å². The number of aliphatic hydroxyl groups is 1. The fraction of sp³-hybridized carbons (Fsp3) is 0.520. The van der Waals surface area contributed by atoms with Crippen molar-refractivity contribution in [1.82, 2.24) is 0 Å². The number of aliphatic hydroxyl groups excluding tert-OH is 1. The number of ether oxygens (including phenoxy) is 1. The number of unbranched alkanes of at least 4 members (excludes halogenated alkanes) is 2. The predicted molar refractivity (Wildman–Crippen MR) is 113 cm³/mol. The lowest BCUT2D eigenvalue weighted by molar-refractivity contribution is 0.0542. The summed E-state index contributed by atoms with van der Waals surface area (Å²) >= 11 is 0. The maximum absolute atomic E-state index is 14.9. The molecule has 0 aliphatic heterocycles. The molecule has 3 atom stereocenters. The van der Waals surface area contributed by atoms with Crippen LogP contribution in [0.2, 0.25) is 0 Å². The van der Waals surface area contributed by atoms with Gasteiger partial charge in [0.2, 0.25) is 5.82 Å². The van der Waals surface area contributed by atoms with Gasteiger partial charge in [-0.2, -0.15) is 4.39 Å². The monoisotopic (exact) mass is 420 g/mol. The van der Waals surface area contributed by atoms with Crippen LogP contribution in [0, 0.1) is 23.4 Å². The lowest BCUT2D eigenvalue weighted by atomic mass is 9.75. The summed E-state index contributed by atoms with van der Waals surface area (Å²) in [5.41, 5.74) is 0.821. The van der Waals surface area contributed by atoms with Crippen molar-refractivity contribution < 1.29 is 23.0 Å². The summed E-state index contributed by atoms with van der Waals surface area (Å²) < 4.78 is 48.6. The van der Waals surface area contributed by atoms with Gasteiger partial charge < -0.3 is 9.84 Å². The van der Waals surface area contributed by atoms with E-state index in [4.69, 9.17) is 4.74 Å². The molecule has 0 saturated heterocycles. The summed E-state index contributed by atoms with van der Waals surface area (Å²) in [4.78, 5) is 0. The van der Waals surface area contributed by atoms with Gasteiger partial charge in [0, 0.05) is 5.56 Å². The second-order valence-corrected chi connectivity index (χ2v) is 8.24. The molecule has 2 nitrogen and oxygen atoms in total. The lowest BCUT2D eigenvalue weighted by Gasteiger charge is -2.33. The van der Waals surface area contributed by atoms with Gasteiger partial charge in [0.25, 0.3) is 0 Å². The second-order valence-electron chi connectivity index (χ2n) is 8.24. The van der Waals surface area contributed by atoms with Gasteiger partial charge in [0.05, 0.1) is 12.7 Å². The second kappa shape index (κ2) is 10.3. The molecule has 2 aromatic carbocycles. The topological polar surface area (TPSA) is 29.5 Å². The van der Waals surface area contributed by atoms with E-state index < -0.39 is 23.6 Å². The van der Waals surface area contributed by atoms with E-state index in [1.54, 1.807) is 19.1 Å². The third-order valence-corrected chi connectivity index (χ3v) is 6.23. The average Bonchev–Trinajstić information content (AvgIpc) is 2.73. The first kappa shape index (κ1) is 22.7. The Hall–Kier alpha value is -2.01. The van der Waals surface area contributed by atoms with Crippen molar-refractivity contribution in [2.24, 2.45) is 5.92 Å². The number of hydrogen-bond donors (Lipinski definition) is 1. The molecule has 2 aromatic rings. The van der Waals surface area contributed by atoms with Gasteiger partial charge in [-0.05, 0) is 73.8 Å². The van der Waals surface area contributed by atoms with Crippen molar-refractivity contribution in [2.75, 3.05) is 6.61 Å². The van der Waals surface area contributed by atoms with E-state index in [0.29, 0.717) is 12.0 Å². The van der Waals surface area contributed by atoms with E-state index in [2.05, 4.69) is 6.92 Å². The Labute approximate surface area is 177 Å². The SMILES string of the molecule is CCCCCC1CCC(c2ccc(-c3ccc(OCC)c(F)c3F)cc2F)CC1O. The van der Waals surface area contributed by atoms with E-state index in [0.717, 1.165) is 32.1 Å². The number of halogens is 3. The molecule has 3 rings (SSSR count). The van der Waals surface area contributed by atoms with Crippen molar-refractivity contribution in [3.05, 3.63) is 53.3 Å². The highest BCUT2D eigenvalue weighted by Crippen LogP contribution is 2.40. The summed E-state index contributed by atoms with van der Waals surface area (Å²) in [6.45, 7) is 4.08. The van der Waals surface area contributed by atoms with Crippen LogP contribution in [0.5, 0.6) is 5.75 Å². The smallest absolute Gasteiger partial charge is 0.201 e. The van der Waals surface area contributed by atoms with Crippen molar-refractivity contribution in [3.8, 4) is 16.9 Å². The molecule has 1 aliphatic carbocycles. The van der Waals surface area contributed by atoms with Crippen molar-refractivity contribution in [3.63, 3.8) is 0 Å². The van der Waals surface area contributed by atoms with Gasteiger partial charge in [-0.25, -0.2) is 8.78 Å². The Balaban J connectivity index is 1.74. The van der Waals surface area contributed by atoms with E-state index in [9.17, 15) is 18.3 Å². The van der Waals surface area contributed by atoms with Crippen LogP contribution in [0.15, 0.2) is 30.3 Å². The summed E-state index contributed by atoms with van der Waals surface area (Å²) in [5.74, 6) is -2.47. The van der Waals surface area contributed by atoms with Crippen LogP contribution in [0.25, 0.3) is 11.1 Å². The largest absolute Gasteiger partial charge is 0.491 e. The fourth-order valence-corrected chi connectivity index (χ4v) is 4.53. The first-order valence-corrected chi connectivity index (χ1v) is 11.0. The molecule has 30 heavy (non-hydrogen) atoms. The molecule has 0 radical (unpaired) electrons. The average molecular weight is 421 g/mol. The quantitative estimate of drug-likeness (QED) is 0.466. The summed E-state index contributed by atoms with van der Waals surface area (Å²) in [6.07, 6.45) is 6.30. The van der Waals surface area contributed by atoms with Crippen LogP contribution < -0.4 is 4.74 Å². The number of benzene rings is 2. The molecular formula is C25H31F3O2. The van der Waals surface area contributed by atoms with Crippen molar-refractivity contribution >= 4 is 0 Å². The van der Waals surface area contributed by atoms with Gasteiger partial charge >= 0.3 is 0 Å². The van der Waals surface area contributed by atoms with E-state index in [1.807, 2.05) is 0 Å². The third kappa shape index (κ3) is 5.00. The maximum Gasteiger partial charge on any atom is 0.201 e. The zero-order valence-electron chi connectivity index (χ0n) is 17.8. The first-order valence-electron chi connectivity index (χ1n) is 11.0. The van der Waals surface area contributed by atoms with E-state index >= 15 is 0 Å². The summed E-state index contributed by atoms with van der Waals surface area (Å²) in [6, 6.07) is 7.29. The van der Waals surface area contributed by atoms with Crippen LogP contribution in [0.1, 0.15) is 70.3 Å². The van der Waals surface area contributed by atoms with Gasteiger partial charge in [0.1, 0.15) is 5.82 Å². The molecule has 1 saturated carbocycles. The van der Waals surface area contributed by atoms with Gasteiger partial charge in [-0.3, -0.25) is 0 Å². The number of hydrogen-bond acceptors (Lipinski definition) is 2. The Kier molecular flexibility index (Phi) is 7.81. The van der Waals surface area contributed by atoms with E-state index in [1.165, 1.54) is 24.6 Å². The first-order chi connectivity index (χ1) is 14.5. The molecule has 0 amide bonds. The minimum atomic E-state index is -1.07. The summed E-state index contributed by atoms with van der Waals surface area (Å²) in [7, 11) is 0. The highest BCUT2D eigenvalue weighted by molar-refractivity contribution is 5.66. The molecule has 164 valence electrons. The molecule has 3 unspecified atom stereocenters. The Bertz CT molecular complexity index is 853. The van der Waals surface area contributed by atoms with Crippen molar-refractivity contribution in [2.45, 2.75) is 70.8 Å². The molecule has 5 heteroatoms. The van der Waals surface area contributed by atoms with Crippen LogP contribution in [-0.2, 0) is 0 Å². The van der Waals surface area contributed by atoms with Crippen molar-refractivity contribution in [1.29, 1.82) is 0 Å². The lowest BCUT2D eigenvalue weighted by Crippen LogP contribution is -2.28. The van der Waals surface area contributed by atoms with E-state index in [-0.39, 0.29) is 35.3 Å². The fourth-order valence-electron chi connectivity index (χ4n) is 4.53. The molecule has 1 N–H and O–H groups in total. The molecule has 0 bridgehead atoms. The van der Waals surface area contributed by atoms with Gasteiger partial charge in [0.15, 0.2) is 11.6 Å². The summed E-state index contributed by atoms with van der Waals surface area (Å²) in [5, 5.41) is 10.5. The van der Waals surface area contributed by atoms with Gasteiger partial charge in [-0.1, -0.05) is 38.3 Å².